The summed E-state index contributed by atoms with van der Waals surface area (Å²) in [5.74, 6) is 1.37. The molecule has 0 aliphatic carbocycles. The lowest BCUT2D eigenvalue weighted by Gasteiger charge is -2.32. The summed E-state index contributed by atoms with van der Waals surface area (Å²) in [5, 5.41) is 3.51. The molecule has 0 bridgehead atoms. The maximum atomic E-state index is 5.48. The first kappa shape index (κ1) is 13.1. The van der Waals surface area contributed by atoms with Crippen molar-refractivity contribution in [3.05, 3.63) is 18.2 Å². The van der Waals surface area contributed by atoms with Crippen molar-refractivity contribution in [2.75, 3.05) is 26.3 Å². The zero-order valence-electron chi connectivity index (χ0n) is 11.8. The molecule has 2 aliphatic heterocycles. The van der Waals surface area contributed by atoms with Gasteiger partial charge in [0.15, 0.2) is 0 Å². The second kappa shape index (κ2) is 6.06. The van der Waals surface area contributed by atoms with Gasteiger partial charge in [-0.2, -0.15) is 0 Å². The van der Waals surface area contributed by atoms with Gasteiger partial charge < -0.3 is 14.6 Å². The summed E-state index contributed by atoms with van der Waals surface area (Å²) in [4.78, 5) is 4.42. The molecule has 2 aliphatic rings. The van der Waals surface area contributed by atoms with Crippen molar-refractivity contribution in [1.82, 2.24) is 14.9 Å². The maximum Gasteiger partial charge on any atom is 0.0950 e. The van der Waals surface area contributed by atoms with Gasteiger partial charge in [0.05, 0.1) is 6.33 Å². The Balaban J connectivity index is 1.74. The summed E-state index contributed by atoms with van der Waals surface area (Å²) >= 11 is 0. The van der Waals surface area contributed by atoms with Crippen LogP contribution in [0.1, 0.15) is 50.3 Å². The number of hydrogen-bond acceptors (Lipinski definition) is 3. The Kier molecular flexibility index (Phi) is 4.18. The monoisotopic (exact) mass is 263 g/mol. The summed E-state index contributed by atoms with van der Waals surface area (Å²) in [6.07, 6.45) is 9.04. The predicted molar refractivity (Wildman–Crippen MR) is 75.3 cm³/mol. The summed E-state index contributed by atoms with van der Waals surface area (Å²) in [5.41, 5.74) is 1.42. The fraction of sp³-hybridized carbons (Fsp3) is 0.800. The Morgan fingerprint density at radius 1 is 1.37 bits per heavy atom. The number of rotatable bonds is 3. The Bertz CT molecular complexity index is 392. The van der Waals surface area contributed by atoms with E-state index in [-0.39, 0.29) is 0 Å². The van der Waals surface area contributed by atoms with E-state index in [1.54, 1.807) is 0 Å². The molecule has 0 aromatic carbocycles. The first-order chi connectivity index (χ1) is 9.36. The van der Waals surface area contributed by atoms with Crippen molar-refractivity contribution in [2.45, 2.75) is 44.6 Å². The van der Waals surface area contributed by atoms with Gasteiger partial charge >= 0.3 is 0 Å². The van der Waals surface area contributed by atoms with Crippen LogP contribution < -0.4 is 5.32 Å². The molecule has 0 amide bonds. The van der Waals surface area contributed by atoms with Crippen molar-refractivity contribution in [2.24, 2.45) is 5.92 Å². The van der Waals surface area contributed by atoms with Crippen LogP contribution in [0.4, 0.5) is 0 Å². The molecule has 3 rings (SSSR count). The Labute approximate surface area is 115 Å². The molecule has 106 valence electrons. The molecule has 1 N–H and O–H groups in total. The number of hydrogen-bond donors (Lipinski definition) is 1. The van der Waals surface area contributed by atoms with E-state index in [0.717, 1.165) is 25.7 Å². The molecule has 1 aromatic rings. The van der Waals surface area contributed by atoms with Crippen LogP contribution in [0.2, 0.25) is 0 Å². The van der Waals surface area contributed by atoms with Gasteiger partial charge in [-0.05, 0) is 45.1 Å². The third kappa shape index (κ3) is 2.84. The van der Waals surface area contributed by atoms with Crippen LogP contribution in [0.25, 0.3) is 0 Å². The van der Waals surface area contributed by atoms with E-state index >= 15 is 0 Å². The normalized spacial score (nSPS) is 27.3. The summed E-state index contributed by atoms with van der Waals surface area (Å²) in [6, 6.07) is 0.545. The first-order valence-electron chi connectivity index (χ1n) is 7.66. The zero-order chi connectivity index (χ0) is 13.1. The average molecular weight is 263 g/mol. The van der Waals surface area contributed by atoms with E-state index in [0.29, 0.717) is 12.0 Å². The number of imidazole rings is 1. The van der Waals surface area contributed by atoms with E-state index in [1.165, 1.54) is 37.9 Å². The number of nitrogens with zero attached hydrogens (tertiary/aromatic N) is 2. The van der Waals surface area contributed by atoms with Gasteiger partial charge in [-0.25, -0.2) is 4.98 Å². The molecule has 2 fully saturated rings. The predicted octanol–water partition coefficient (Wildman–Crippen LogP) is 2.34. The molecule has 19 heavy (non-hydrogen) atoms. The van der Waals surface area contributed by atoms with Crippen molar-refractivity contribution in [1.29, 1.82) is 0 Å². The van der Waals surface area contributed by atoms with E-state index in [9.17, 15) is 0 Å². The summed E-state index contributed by atoms with van der Waals surface area (Å²) in [6.45, 7) is 6.46. The standard InChI is InChI=1S/C15H25N3O/c1-12(13-4-7-19-8-5-13)18-11-17-10-15(18)14-3-2-6-16-9-14/h10-14,16H,2-9H2,1H3. The molecule has 0 saturated carbocycles. The number of piperidine rings is 1. The van der Waals surface area contributed by atoms with Crippen LogP contribution in [-0.4, -0.2) is 35.9 Å². The molecule has 2 saturated heterocycles. The highest BCUT2D eigenvalue weighted by Gasteiger charge is 2.26. The maximum absolute atomic E-state index is 5.48. The topological polar surface area (TPSA) is 39.1 Å². The molecular weight excluding hydrogens is 238 g/mol. The lowest BCUT2D eigenvalue weighted by Crippen LogP contribution is -2.31. The fourth-order valence-electron chi connectivity index (χ4n) is 3.50. The van der Waals surface area contributed by atoms with E-state index in [4.69, 9.17) is 4.74 Å². The quantitative estimate of drug-likeness (QED) is 0.910. The highest BCUT2D eigenvalue weighted by molar-refractivity contribution is 5.10. The van der Waals surface area contributed by atoms with Crippen LogP contribution in [0.15, 0.2) is 12.5 Å². The third-order valence-corrected chi connectivity index (χ3v) is 4.80. The molecule has 1 aromatic heterocycles. The highest BCUT2D eigenvalue weighted by Crippen LogP contribution is 2.31. The van der Waals surface area contributed by atoms with Crippen LogP contribution in [-0.2, 0) is 4.74 Å². The Morgan fingerprint density at radius 2 is 2.21 bits per heavy atom. The van der Waals surface area contributed by atoms with Crippen LogP contribution in [0, 0.1) is 5.92 Å². The lowest BCUT2D eigenvalue weighted by molar-refractivity contribution is 0.0508. The largest absolute Gasteiger partial charge is 0.381 e. The van der Waals surface area contributed by atoms with Crippen LogP contribution in [0.3, 0.4) is 0 Å². The van der Waals surface area contributed by atoms with Crippen molar-refractivity contribution in [3.63, 3.8) is 0 Å². The first-order valence-corrected chi connectivity index (χ1v) is 7.66. The molecule has 3 heterocycles. The van der Waals surface area contributed by atoms with Gasteiger partial charge in [0.1, 0.15) is 0 Å². The molecule has 4 heteroatoms. The van der Waals surface area contributed by atoms with Gasteiger partial charge in [0.25, 0.3) is 0 Å². The minimum atomic E-state index is 0.545. The fourth-order valence-corrected chi connectivity index (χ4v) is 3.50. The van der Waals surface area contributed by atoms with Gasteiger partial charge in [-0.3, -0.25) is 0 Å². The van der Waals surface area contributed by atoms with Crippen LogP contribution >= 0.6 is 0 Å². The van der Waals surface area contributed by atoms with Gasteiger partial charge in [-0.1, -0.05) is 0 Å². The number of aromatic nitrogens is 2. The van der Waals surface area contributed by atoms with Crippen molar-refractivity contribution >= 4 is 0 Å². The Hall–Kier alpha value is -0.870. The SMILES string of the molecule is CC(C1CCOCC1)n1cncc1C1CCCNC1. The second-order valence-corrected chi connectivity index (χ2v) is 5.96. The van der Waals surface area contributed by atoms with Crippen molar-refractivity contribution in [3.8, 4) is 0 Å². The molecule has 0 spiro atoms. The van der Waals surface area contributed by atoms with Gasteiger partial charge in [0, 0.05) is 43.6 Å². The zero-order valence-corrected chi connectivity index (χ0v) is 11.8. The van der Waals surface area contributed by atoms with E-state index in [2.05, 4.69) is 28.0 Å². The third-order valence-electron chi connectivity index (χ3n) is 4.80. The molecule has 2 unspecified atom stereocenters. The number of nitrogens with one attached hydrogen (secondary N) is 1. The van der Waals surface area contributed by atoms with E-state index < -0.39 is 0 Å². The minimum Gasteiger partial charge on any atom is -0.381 e. The molecule has 0 radical (unpaired) electrons. The Morgan fingerprint density at radius 3 is 2.95 bits per heavy atom. The molecule has 4 nitrogen and oxygen atoms in total. The highest BCUT2D eigenvalue weighted by atomic mass is 16.5. The van der Waals surface area contributed by atoms with Crippen molar-refractivity contribution < 1.29 is 4.74 Å². The lowest BCUT2D eigenvalue weighted by atomic mass is 9.91. The summed E-state index contributed by atoms with van der Waals surface area (Å²) in [7, 11) is 0. The minimum absolute atomic E-state index is 0.545. The average Bonchev–Trinajstić information content (AvgIpc) is 2.98. The smallest absolute Gasteiger partial charge is 0.0950 e. The van der Waals surface area contributed by atoms with Crippen LogP contribution in [0.5, 0.6) is 0 Å². The van der Waals surface area contributed by atoms with Gasteiger partial charge in [-0.15, -0.1) is 0 Å². The number of ether oxygens (including phenoxy) is 1. The molecule has 2 atom stereocenters. The second-order valence-electron chi connectivity index (χ2n) is 5.96. The van der Waals surface area contributed by atoms with Gasteiger partial charge in [0.2, 0.25) is 0 Å². The summed E-state index contributed by atoms with van der Waals surface area (Å²) < 4.78 is 7.90. The molecular formula is C15H25N3O. The van der Waals surface area contributed by atoms with E-state index in [1.807, 2.05) is 6.33 Å².